The smallest absolute Gasteiger partial charge is 0.410 e. The second-order valence-corrected chi connectivity index (χ2v) is 9.22. The summed E-state index contributed by atoms with van der Waals surface area (Å²) in [6.07, 6.45) is 4.56. The summed E-state index contributed by atoms with van der Waals surface area (Å²) in [4.78, 5) is 26.5. The zero-order valence-electron chi connectivity index (χ0n) is 18.6. The monoisotopic (exact) mass is 453 g/mol. The van der Waals surface area contributed by atoms with E-state index in [-0.39, 0.29) is 29.7 Å². The number of hydrogen-bond donors (Lipinski definition) is 0. The van der Waals surface area contributed by atoms with E-state index in [4.69, 9.17) is 4.74 Å². The average Bonchev–Trinajstić information content (AvgIpc) is 3.33. The van der Waals surface area contributed by atoms with E-state index in [9.17, 15) is 14.0 Å². The zero-order valence-corrected chi connectivity index (χ0v) is 18.6. The van der Waals surface area contributed by atoms with E-state index >= 15 is 0 Å². The summed E-state index contributed by atoms with van der Waals surface area (Å²) in [7, 11) is 0. The largest absolute Gasteiger partial charge is 0.448 e. The van der Waals surface area contributed by atoms with Crippen LogP contribution in [0, 0.1) is 5.82 Å². The van der Waals surface area contributed by atoms with Gasteiger partial charge in [-0.2, -0.15) is 0 Å². The van der Waals surface area contributed by atoms with Crippen molar-refractivity contribution in [1.82, 2.24) is 4.90 Å². The van der Waals surface area contributed by atoms with Gasteiger partial charge >= 0.3 is 6.09 Å². The SMILES string of the molecule is O=Cc1c(F)cccc1C1=CC2CCC(C1)N2C(=O)OCC1c2ccccc2-c2ccccc21. The van der Waals surface area contributed by atoms with E-state index in [0.29, 0.717) is 24.9 Å². The molecule has 34 heavy (non-hydrogen) atoms. The second kappa shape index (κ2) is 8.24. The number of carbonyl (C=O) groups is 2. The first kappa shape index (κ1) is 20.8. The summed E-state index contributed by atoms with van der Waals surface area (Å²) < 4.78 is 20.0. The van der Waals surface area contributed by atoms with E-state index in [2.05, 4.69) is 24.3 Å². The lowest BCUT2D eigenvalue weighted by Crippen LogP contribution is -2.43. The number of fused-ring (bicyclic) bond motifs is 5. The van der Waals surface area contributed by atoms with Crippen molar-refractivity contribution < 1.29 is 18.7 Å². The molecule has 0 radical (unpaired) electrons. The molecule has 1 fully saturated rings. The van der Waals surface area contributed by atoms with Crippen LogP contribution in [-0.4, -0.2) is 36.0 Å². The van der Waals surface area contributed by atoms with Gasteiger partial charge in [-0.05, 0) is 58.7 Å². The van der Waals surface area contributed by atoms with Crippen LogP contribution in [0.15, 0.2) is 72.8 Å². The molecule has 0 spiro atoms. The van der Waals surface area contributed by atoms with E-state index in [1.165, 1.54) is 28.3 Å². The summed E-state index contributed by atoms with van der Waals surface area (Å²) >= 11 is 0. The Bertz CT molecular complexity index is 1280. The third-order valence-corrected chi connectivity index (χ3v) is 7.46. The highest BCUT2D eigenvalue weighted by molar-refractivity contribution is 5.87. The minimum absolute atomic E-state index is 0.0107. The molecule has 3 aromatic carbocycles. The minimum Gasteiger partial charge on any atom is -0.448 e. The molecule has 2 unspecified atom stereocenters. The fourth-order valence-electron chi connectivity index (χ4n) is 5.92. The standard InChI is InChI=1S/C29H24FNO3/c30-28-11-5-10-21(26(28)16-32)18-14-19-12-13-20(15-18)31(19)29(33)34-17-27-24-8-3-1-6-22(24)23-7-2-4-9-25(23)27/h1-11,14,16,19-20,27H,12-13,15,17H2. The second-order valence-electron chi connectivity index (χ2n) is 9.22. The Balaban J connectivity index is 1.22. The Morgan fingerprint density at radius 3 is 2.29 bits per heavy atom. The molecule has 0 N–H and O–H groups in total. The highest BCUT2D eigenvalue weighted by atomic mass is 19.1. The third kappa shape index (κ3) is 3.26. The first-order valence-corrected chi connectivity index (χ1v) is 11.7. The van der Waals surface area contributed by atoms with Crippen molar-refractivity contribution in [1.29, 1.82) is 0 Å². The Morgan fingerprint density at radius 2 is 1.62 bits per heavy atom. The number of benzene rings is 3. The molecule has 2 bridgehead atoms. The molecule has 2 aliphatic heterocycles. The molecule has 0 aromatic heterocycles. The van der Waals surface area contributed by atoms with Crippen LogP contribution in [0.2, 0.25) is 0 Å². The third-order valence-electron chi connectivity index (χ3n) is 7.46. The average molecular weight is 454 g/mol. The minimum atomic E-state index is -0.514. The Hall–Kier alpha value is -3.73. The van der Waals surface area contributed by atoms with Crippen LogP contribution in [0.3, 0.4) is 0 Å². The van der Waals surface area contributed by atoms with Crippen molar-refractivity contribution in [3.8, 4) is 11.1 Å². The maximum Gasteiger partial charge on any atom is 0.410 e. The number of aldehydes is 1. The molecule has 2 atom stereocenters. The molecule has 4 nitrogen and oxygen atoms in total. The predicted octanol–water partition coefficient (Wildman–Crippen LogP) is 6.21. The van der Waals surface area contributed by atoms with Gasteiger partial charge in [0.2, 0.25) is 0 Å². The summed E-state index contributed by atoms with van der Waals surface area (Å²) in [6, 6.07) is 21.2. The predicted molar refractivity (Wildman–Crippen MR) is 128 cm³/mol. The number of halogens is 1. The van der Waals surface area contributed by atoms with Gasteiger partial charge in [-0.1, -0.05) is 66.7 Å². The topological polar surface area (TPSA) is 46.6 Å². The van der Waals surface area contributed by atoms with Gasteiger partial charge in [-0.25, -0.2) is 9.18 Å². The van der Waals surface area contributed by atoms with Gasteiger partial charge in [0.05, 0.1) is 11.6 Å². The maximum atomic E-state index is 14.1. The first-order chi connectivity index (χ1) is 16.7. The lowest BCUT2D eigenvalue weighted by Gasteiger charge is -2.34. The number of amides is 1. The number of carbonyl (C=O) groups excluding carboxylic acids is 2. The molecular formula is C29H24FNO3. The number of ether oxygens (including phenoxy) is 1. The van der Waals surface area contributed by atoms with Crippen LogP contribution in [-0.2, 0) is 4.74 Å². The summed E-state index contributed by atoms with van der Waals surface area (Å²) in [5.41, 5.74) is 6.41. The van der Waals surface area contributed by atoms with Crippen LogP contribution >= 0.6 is 0 Å². The van der Waals surface area contributed by atoms with Gasteiger partial charge in [0.15, 0.2) is 6.29 Å². The highest BCUT2D eigenvalue weighted by Crippen LogP contribution is 2.45. The van der Waals surface area contributed by atoms with E-state index in [1.807, 2.05) is 35.2 Å². The molecule has 1 amide bonds. The maximum absolute atomic E-state index is 14.1. The van der Waals surface area contributed by atoms with Gasteiger partial charge in [0.1, 0.15) is 12.4 Å². The van der Waals surface area contributed by atoms with Crippen LogP contribution in [0.4, 0.5) is 9.18 Å². The molecule has 6 rings (SSSR count). The van der Waals surface area contributed by atoms with Crippen LogP contribution in [0.25, 0.3) is 16.7 Å². The fourth-order valence-corrected chi connectivity index (χ4v) is 5.92. The van der Waals surface area contributed by atoms with Crippen LogP contribution < -0.4 is 0 Å². The summed E-state index contributed by atoms with van der Waals surface area (Å²) in [5, 5.41) is 0. The Labute approximate surface area is 197 Å². The number of hydrogen-bond acceptors (Lipinski definition) is 3. The molecule has 0 saturated carbocycles. The van der Waals surface area contributed by atoms with Crippen molar-refractivity contribution in [3.63, 3.8) is 0 Å². The molecule has 1 aliphatic carbocycles. The molecule has 3 aromatic rings. The molecule has 3 aliphatic rings. The quantitative estimate of drug-likeness (QED) is 0.442. The lowest BCUT2D eigenvalue weighted by molar-refractivity contribution is 0.0866. The zero-order chi connectivity index (χ0) is 23.2. The van der Waals surface area contributed by atoms with Gasteiger partial charge < -0.3 is 4.74 Å². The molecule has 1 saturated heterocycles. The number of nitrogens with zero attached hydrogens (tertiary/aromatic N) is 1. The van der Waals surface area contributed by atoms with Crippen molar-refractivity contribution in [3.05, 3.63) is 101 Å². The first-order valence-electron chi connectivity index (χ1n) is 11.7. The normalized spacial score (nSPS) is 20.5. The summed E-state index contributed by atoms with van der Waals surface area (Å²) in [6.45, 7) is 0.290. The van der Waals surface area contributed by atoms with Gasteiger partial charge in [-0.15, -0.1) is 0 Å². The summed E-state index contributed by atoms with van der Waals surface area (Å²) in [5.74, 6) is -0.493. The molecular weight excluding hydrogens is 429 g/mol. The molecule has 5 heteroatoms. The Kier molecular flexibility index (Phi) is 5.05. The van der Waals surface area contributed by atoms with Crippen molar-refractivity contribution >= 4 is 18.0 Å². The van der Waals surface area contributed by atoms with Crippen molar-refractivity contribution in [2.75, 3.05) is 6.61 Å². The molecule has 170 valence electrons. The van der Waals surface area contributed by atoms with Crippen LogP contribution in [0.5, 0.6) is 0 Å². The lowest BCUT2D eigenvalue weighted by atomic mass is 9.92. The van der Waals surface area contributed by atoms with E-state index in [1.54, 1.807) is 12.1 Å². The number of rotatable bonds is 4. The van der Waals surface area contributed by atoms with Crippen molar-refractivity contribution in [2.45, 2.75) is 37.3 Å². The highest BCUT2D eigenvalue weighted by Gasteiger charge is 2.41. The van der Waals surface area contributed by atoms with E-state index < -0.39 is 5.82 Å². The van der Waals surface area contributed by atoms with Gasteiger partial charge in [0.25, 0.3) is 0 Å². The van der Waals surface area contributed by atoms with Gasteiger partial charge in [-0.3, -0.25) is 9.69 Å². The molecule has 2 heterocycles. The fraction of sp³-hybridized carbons (Fsp3) is 0.241. The Morgan fingerprint density at radius 1 is 0.941 bits per heavy atom. The van der Waals surface area contributed by atoms with Crippen molar-refractivity contribution in [2.24, 2.45) is 0 Å². The van der Waals surface area contributed by atoms with Gasteiger partial charge in [0, 0.05) is 12.0 Å². The van der Waals surface area contributed by atoms with E-state index in [0.717, 1.165) is 18.4 Å². The van der Waals surface area contributed by atoms with Crippen LogP contribution in [0.1, 0.15) is 52.2 Å².